The van der Waals surface area contributed by atoms with E-state index in [9.17, 15) is 4.79 Å². The third-order valence-corrected chi connectivity index (χ3v) is 3.52. The molecule has 19 heavy (non-hydrogen) atoms. The molecule has 0 N–H and O–H groups in total. The Bertz CT molecular complexity index is 542. The maximum atomic E-state index is 12.0. The largest absolute Gasteiger partial charge is 0.339 e. The van der Waals surface area contributed by atoms with E-state index in [4.69, 9.17) is 4.99 Å². The van der Waals surface area contributed by atoms with Crippen molar-refractivity contribution in [1.82, 2.24) is 14.7 Å². The topological polar surface area (TPSA) is 38.5 Å². The lowest BCUT2D eigenvalue weighted by atomic mass is 10.2. The maximum absolute atomic E-state index is 12.0. The van der Waals surface area contributed by atoms with Crippen molar-refractivity contribution in [2.45, 2.75) is 0 Å². The van der Waals surface area contributed by atoms with Crippen LogP contribution >= 0.6 is 0 Å². The minimum atomic E-state index is 0.122. The molecule has 0 aromatic heterocycles. The van der Waals surface area contributed by atoms with Gasteiger partial charge in [-0.1, -0.05) is 6.07 Å². The molecule has 0 spiro atoms. The van der Waals surface area contributed by atoms with Gasteiger partial charge in [-0.15, -0.1) is 0 Å². The molecule has 4 rings (SSSR count). The zero-order chi connectivity index (χ0) is 12.8. The summed E-state index contributed by atoms with van der Waals surface area (Å²) in [6.07, 6.45) is 0. The van der Waals surface area contributed by atoms with Crippen molar-refractivity contribution in [3.8, 4) is 0 Å². The Balaban J connectivity index is 1.61. The fraction of sp³-hybridized carbons (Fsp3) is 0.429. The molecule has 0 atom stereocenters. The number of hydrogen-bond donors (Lipinski definition) is 0. The molecule has 0 unspecified atom stereocenters. The Morgan fingerprint density at radius 1 is 0.947 bits per heavy atom. The molecule has 3 aliphatic rings. The fourth-order valence-corrected chi connectivity index (χ4v) is 2.10. The van der Waals surface area contributed by atoms with E-state index < -0.39 is 0 Å². The highest BCUT2D eigenvalue weighted by molar-refractivity contribution is 5.96. The first-order valence-corrected chi connectivity index (χ1v) is 6.79. The molecule has 3 fully saturated rings. The average Bonchev–Trinajstić information content (AvgIpc) is 3.33. The number of rotatable bonds is 2. The van der Waals surface area contributed by atoms with Crippen LogP contribution in [0, 0.1) is 0 Å². The van der Waals surface area contributed by atoms with Crippen LogP contribution in [0.3, 0.4) is 0 Å². The molecule has 5 heteroatoms. The quantitative estimate of drug-likeness (QED) is 0.445. The van der Waals surface area contributed by atoms with E-state index in [1.54, 1.807) is 0 Å². The predicted octanol–water partition coefficient (Wildman–Crippen LogP) is 0.761. The van der Waals surface area contributed by atoms with E-state index >= 15 is 0 Å². The Morgan fingerprint density at radius 2 is 1.58 bits per heavy atom. The fourth-order valence-electron chi connectivity index (χ4n) is 2.10. The van der Waals surface area contributed by atoms with Gasteiger partial charge in [0.15, 0.2) is 0 Å². The normalized spacial score (nSPS) is 19.3. The van der Waals surface area contributed by atoms with Crippen molar-refractivity contribution in [1.29, 1.82) is 0 Å². The van der Waals surface area contributed by atoms with Crippen LogP contribution < -0.4 is 0 Å². The van der Waals surface area contributed by atoms with E-state index in [0.717, 1.165) is 56.5 Å². The average molecular weight is 256 g/mol. The minimum Gasteiger partial charge on any atom is -0.339 e. The summed E-state index contributed by atoms with van der Waals surface area (Å²) in [4.78, 5) is 23.0. The van der Waals surface area contributed by atoms with Crippen LogP contribution in [0.1, 0.15) is 10.4 Å². The molecule has 0 saturated carbocycles. The lowest BCUT2D eigenvalue weighted by Gasteiger charge is -2.09. The van der Waals surface area contributed by atoms with Crippen LogP contribution in [0.2, 0.25) is 0 Å². The van der Waals surface area contributed by atoms with Gasteiger partial charge in [0, 0.05) is 44.8 Å². The predicted molar refractivity (Wildman–Crippen MR) is 72.6 cm³/mol. The summed E-state index contributed by atoms with van der Waals surface area (Å²) in [6.45, 7) is 6.17. The highest BCUT2D eigenvalue weighted by atomic mass is 16.2. The van der Waals surface area contributed by atoms with Gasteiger partial charge in [0.05, 0.1) is 5.69 Å². The highest BCUT2D eigenvalue weighted by Gasteiger charge is 2.32. The van der Waals surface area contributed by atoms with E-state index in [1.165, 1.54) is 0 Å². The molecule has 1 amide bonds. The van der Waals surface area contributed by atoms with Gasteiger partial charge in [-0.2, -0.15) is 0 Å². The Kier molecular flexibility index (Phi) is 2.27. The first-order valence-electron chi connectivity index (χ1n) is 6.79. The van der Waals surface area contributed by atoms with Gasteiger partial charge in [-0.05, 0) is 18.2 Å². The molecule has 5 nitrogen and oxygen atoms in total. The van der Waals surface area contributed by atoms with Crippen LogP contribution in [-0.2, 0) is 0 Å². The van der Waals surface area contributed by atoms with Crippen molar-refractivity contribution < 1.29 is 4.79 Å². The van der Waals surface area contributed by atoms with Crippen molar-refractivity contribution in [3.05, 3.63) is 29.8 Å². The molecule has 1 aromatic carbocycles. The van der Waals surface area contributed by atoms with E-state index in [1.807, 2.05) is 29.2 Å². The molecular weight excluding hydrogens is 240 g/mol. The van der Waals surface area contributed by atoms with E-state index in [2.05, 4.69) is 9.80 Å². The first kappa shape index (κ1) is 10.8. The molecule has 1 aromatic rings. The lowest BCUT2D eigenvalue weighted by Crippen LogP contribution is -2.20. The SMILES string of the molecule is O=C(c1cccc(N=C(N2CC2)N2CC2)c1)N1CC1. The first-order chi connectivity index (χ1) is 9.31. The van der Waals surface area contributed by atoms with Gasteiger partial charge in [0.2, 0.25) is 5.96 Å². The van der Waals surface area contributed by atoms with Crippen LogP contribution in [0.4, 0.5) is 5.69 Å². The van der Waals surface area contributed by atoms with Crippen LogP contribution in [0.25, 0.3) is 0 Å². The third-order valence-electron chi connectivity index (χ3n) is 3.52. The molecule has 0 bridgehead atoms. The molecule has 3 aliphatic heterocycles. The summed E-state index contributed by atoms with van der Waals surface area (Å²) < 4.78 is 0. The number of carbonyl (C=O) groups excluding carboxylic acids is 1. The Morgan fingerprint density at radius 3 is 2.16 bits per heavy atom. The van der Waals surface area contributed by atoms with Crippen LogP contribution in [0.5, 0.6) is 0 Å². The van der Waals surface area contributed by atoms with Gasteiger partial charge in [0.25, 0.3) is 5.91 Å². The molecule has 0 radical (unpaired) electrons. The number of carbonyl (C=O) groups is 1. The van der Waals surface area contributed by atoms with E-state index in [0.29, 0.717) is 0 Å². The minimum absolute atomic E-state index is 0.122. The van der Waals surface area contributed by atoms with Crippen LogP contribution in [-0.4, -0.2) is 65.8 Å². The third kappa shape index (κ3) is 2.28. The number of aliphatic imine (C=N–C) groups is 1. The summed E-state index contributed by atoms with van der Waals surface area (Å²) in [5.41, 5.74) is 1.62. The number of benzene rings is 1. The summed E-state index contributed by atoms with van der Waals surface area (Å²) in [5.74, 6) is 1.19. The van der Waals surface area contributed by atoms with Crippen molar-refractivity contribution >= 4 is 17.6 Å². The Labute approximate surface area is 112 Å². The monoisotopic (exact) mass is 256 g/mol. The summed E-state index contributed by atoms with van der Waals surface area (Å²) in [6, 6.07) is 7.64. The second-order valence-electron chi connectivity index (χ2n) is 5.23. The van der Waals surface area contributed by atoms with Crippen LogP contribution in [0.15, 0.2) is 29.3 Å². The van der Waals surface area contributed by atoms with Gasteiger partial charge in [-0.25, -0.2) is 4.99 Å². The zero-order valence-electron chi connectivity index (χ0n) is 10.7. The number of hydrogen-bond acceptors (Lipinski definition) is 2. The van der Waals surface area contributed by atoms with Crippen molar-refractivity contribution in [2.75, 3.05) is 39.3 Å². The van der Waals surface area contributed by atoms with Gasteiger partial charge in [0.1, 0.15) is 0 Å². The molecule has 98 valence electrons. The second kappa shape index (κ2) is 3.98. The van der Waals surface area contributed by atoms with Gasteiger partial charge >= 0.3 is 0 Å². The second-order valence-corrected chi connectivity index (χ2v) is 5.23. The number of amides is 1. The highest BCUT2D eigenvalue weighted by Crippen LogP contribution is 2.22. The standard InChI is InChI=1S/C14H16N4O/c19-13(16-4-5-16)11-2-1-3-12(10-11)15-14(17-6-7-17)18-8-9-18/h1-3,10H,4-9H2. The smallest absolute Gasteiger partial charge is 0.254 e. The summed E-state index contributed by atoms with van der Waals surface area (Å²) >= 11 is 0. The molecule has 3 heterocycles. The summed E-state index contributed by atoms with van der Waals surface area (Å²) in [7, 11) is 0. The van der Waals surface area contributed by atoms with E-state index in [-0.39, 0.29) is 5.91 Å². The summed E-state index contributed by atoms with van der Waals surface area (Å²) in [5, 5.41) is 0. The zero-order valence-corrected chi connectivity index (χ0v) is 10.7. The molecular formula is C14H16N4O. The van der Waals surface area contributed by atoms with Crippen molar-refractivity contribution in [2.24, 2.45) is 4.99 Å². The number of nitrogens with zero attached hydrogens (tertiary/aromatic N) is 4. The molecule has 3 saturated heterocycles. The Hall–Kier alpha value is -2.04. The van der Waals surface area contributed by atoms with Gasteiger partial charge < -0.3 is 14.7 Å². The van der Waals surface area contributed by atoms with Crippen molar-refractivity contribution in [3.63, 3.8) is 0 Å². The molecule has 0 aliphatic carbocycles. The lowest BCUT2D eigenvalue weighted by molar-refractivity contribution is 0.0885. The number of guanidine groups is 1. The maximum Gasteiger partial charge on any atom is 0.254 e. The van der Waals surface area contributed by atoms with Gasteiger partial charge in [-0.3, -0.25) is 4.79 Å².